The maximum Gasteiger partial charge on any atom is 0.338 e. The molecule has 0 radical (unpaired) electrons. The summed E-state index contributed by atoms with van der Waals surface area (Å²) in [4.78, 5) is 32.8. The van der Waals surface area contributed by atoms with Crippen molar-refractivity contribution in [3.8, 4) is 0 Å². The van der Waals surface area contributed by atoms with Crippen molar-refractivity contribution in [1.82, 2.24) is 10.2 Å². The summed E-state index contributed by atoms with van der Waals surface area (Å²) < 4.78 is 15.9. The fourth-order valence-corrected chi connectivity index (χ4v) is 5.07. The summed E-state index contributed by atoms with van der Waals surface area (Å²) in [6.45, 7) is 6.63. The Bertz CT molecular complexity index is 1200. The maximum absolute atomic E-state index is 13.3. The molecule has 0 fully saturated rings. The van der Waals surface area contributed by atoms with Gasteiger partial charge in [0.15, 0.2) is 5.17 Å². The van der Waals surface area contributed by atoms with Gasteiger partial charge in [-0.1, -0.05) is 35.5 Å². The first-order chi connectivity index (χ1) is 16.9. The Kier molecular flexibility index (Phi) is 7.77. The van der Waals surface area contributed by atoms with Crippen LogP contribution in [-0.4, -0.2) is 42.3 Å². The molecule has 35 heavy (non-hydrogen) atoms. The Morgan fingerprint density at radius 3 is 2.77 bits per heavy atom. The Labute approximate surface area is 209 Å². The molecule has 184 valence electrons. The second-order valence-electron chi connectivity index (χ2n) is 8.41. The number of aliphatic imine (C=N–C) groups is 1. The van der Waals surface area contributed by atoms with E-state index in [0.717, 1.165) is 27.6 Å². The number of allylic oxidation sites excluding steroid dienone is 1. The van der Waals surface area contributed by atoms with Crippen molar-refractivity contribution >= 4 is 28.8 Å². The van der Waals surface area contributed by atoms with Crippen LogP contribution in [0.15, 0.2) is 68.4 Å². The molecule has 8 nitrogen and oxygen atoms in total. The first kappa shape index (κ1) is 24.8. The fraction of sp³-hybridized carbons (Fsp3) is 0.346. The van der Waals surface area contributed by atoms with Gasteiger partial charge >= 0.3 is 5.97 Å². The predicted octanol–water partition coefficient (Wildman–Crippen LogP) is 4.37. The number of thioether (sulfide) groups is 1. The molecule has 9 heteroatoms. The normalized spacial score (nSPS) is 17.1. The van der Waals surface area contributed by atoms with Crippen LogP contribution in [0.2, 0.25) is 0 Å². The van der Waals surface area contributed by atoms with Crippen LogP contribution < -0.4 is 5.32 Å². The molecule has 1 N–H and O–H groups in total. The predicted molar refractivity (Wildman–Crippen MR) is 134 cm³/mol. The van der Waals surface area contributed by atoms with E-state index in [2.05, 4.69) is 11.4 Å². The molecule has 3 heterocycles. The average Bonchev–Trinajstić information content (AvgIpc) is 3.49. The van der Waals surface area contributed by atoms with E-state index in [1.54, 1.807) is 19.4 Å². The van der Waals surface area contributed by atoms with Gasteiger partial charge in [-0.3, -0.25) is 4.79 Å². The number of fused-ring (bicyclic) bond motifs is 1. The van der Waals surface area contributed by atoms with Gasteiger partial charge in [0.05, 0.1) is 43.1 Å². The Hall–Kier alpha value is -3.30. The molecule has 0 spiro atoms. The minimum absolute atomic E-state index is 0.138. The van der Waals surface area contributed by atoms with Crippen molar-refractivity contribution in [1.29, 1.82) is 0 Å². The van der Waals surface area contributed by atoms with Crippen molar-refractivity contribution in [3.63, 3.8) is 0 Å². The minimum atomic E-state index is -0.462. The zero-order valence-electron chi connectivity index (χ0n) is 20.3. The number of nitrogens with one attached hydrogen (secondary N) is 1. The molecule has 0 unspecified atom stereocenters. The lowest BCUT2D eigenvalue weighted by atomic mass is 9.90. The lowest BCUT2D eigenvalue weighted by molar-refractivity contribution is -0.141. The van der Waals surface area contributed by atoms with Crippen molar-refractivity contribution in [2.75, 3.05) is 20.3 Å². The summed E-state index contributed by atoms with van der Waals surface area (Å²) in [7, 11) is 1.56. The van der Waals surface area contributed by atoms with E-state index in [1.807, 2.05) is 49.3 Å². The van der Waals surface area contributed by atoms with E-state index in [1.165, 1.54) is 11.8 Å². The molecule has 4 rings (SSSR count). The van der Waals surface area contributed by atoms with Gasteiger partial charge in [0.2, 0.25) is 5.91 Å². The fourth-order valence-electron chi connectivity index (χ4n) is 4.10. The molecule has 0 bridgehead atoms. The van der Waals surface area contributed by atoms with Crippen LogP contribution in [0.1, 0.15) is 41.8 Å². The summed E-state index contributed by atoms with van der Waals surface area (Å²) >= 11 is 1.45. The van der Waals surface area contributed by atoms with Crippen LogP contribution >= 0.6 is 11.8 Å². The molecule has 1 aromatic heterocycles. The Morgan fingerprint density at radius 1 is 1.20 bits per heavy atom. The lowest BCUT2D eigenvalue weighted by Crippen LogP contribution is -2.38. The third-order valence-corrected chi connectivity index (χ3v) is 6.74. The average molecular weight is 496 g/mol. The van der Waals surface area contributed by atoms with E-state index in [-0.39, 0.29) is 18.9 Å². The first-order valence-corrected chi connectivity index (χ1v) is 12.2. The van der Waals surface area contributed by atoms with Gasteiger partial charge in [0, 0.05) is 12.8 Å². The molecule has 2 aliphatic rings. The first-order valence-electron chi connectivity index (χ1n) is 11.4. The number of carbonyl (C=O) groups excluding carboxylic acids is 2. The quantitative estimate of drug-likeness (QED) is 0.408. The molecule has 2 aliphatic heterocycles. The van der Waals surface area contributed by atoms with Crippen LogP contribution in [0.25, 0.3) is 0 Å². The zero-order valence-corrected chi connectivity index (χ0v) is 21.1. The van der Waals surface area contributed by atoms with E-state index >= 15 is 0 Å². The minimum Gasteiger partial charge on any atom is -0.467 e. The number of amides is 1. The zero-order chi connectivity index (χ0) is 24.9. The third kappa shape index (κ3) is 5.52. The molecule has 1 aromatic carbocycles. The standard InChI is InChI=1S/C26H29N3O5S/c1-16-7-8-17(2)21(12-16)24-23(25(31)34-11-10-32-4)18(3)28-26-29(24)19(15-35-26)13-22(30)27-14-20-6-5-9-33-20/h5-9,12,15,24H,10-11,13-14H2,1-4H3,(H,27,30)/t24-/m0/s1. The molecule has 2 aromatic rings. The summed E-state index contributed by atoms with van der Waals surface area (Å²) in [5.41, 5.74) is 4.92. The highest BCUT2D eigenvalue weighted by atomic mass is 32.2. The van der Waals surface area contributed by atoms with Crippen LogP contribution in [0.4, 0.5) is 0 Å². The highest BCUT2D eigenvalue weighted by Crippen LogP contribution is 2.45. The second kappa shape index (κ2) is 11.0. The molecule has 0 saturated carbocycles. The largest absolute Gasteiger partial charge is 0.467 e. The number of amidine groups is 1. The third-order valence-electron chi connectivity index (χ3n) is 5.85. The highest BCUT2D eigenvalue weighted by molar-refractivity contribution is 8.16. The van der Waals surface area contributed by atoms with Crippen molar-refractivity contribution in [2.45, 2.75) is 39.8 Å². The Balaban J connectivity index is 1.65. The molecular weight excluding hydrogens is 466 g/mol. The molecular formula is C26H29N3O5S. The van der Waals surface area contributed by atoms with Crippen LogP contribution in [-0.2, 0) is 25.6 Å². The van der Waals surface area contributed by atoms with Crippen molar-refractivity contribution in [2.24, 2.45) is 4.99 Å². The van der Waals surface area contributed by atoms with Crippen molar-refractivity contribution < 1.29 is 23.5 Å². The van der Waals surface area contributed by atoms with Crippen LogP contribution in [0.5, 0.6) is 0 Å². The summed E-state index contributed by atoms with van der Waals surface area (Å²) in [5, 5.41) is 5.55. The number of esters is 1. The lowest BCUT2D eigenvalue weighted by Gasteiger charge is -2.37. The number of carbonyl (C=O) groups is 2. The number of methoxy groups -OCH3 is 1. The molecule has 0 aliphatic carbocycles. The number of nitrogens with zero attached hydrogens (tertiary/aromatic N) is 2. The van der Waals surface area contributed by atoms with E-state index in [9.17, 15) is 9.59 Å². The molecule has 0 saturated heterocycles. The summed E-state index contributed by atoms with van der Waals surface area (Å²) in [6, 6.07) is 9.30. The van der Waals surface area contributed by atoms with Gasteiger partial charge in [-0.25, -0.2) is 9.79 Å². The van der Waals surface area contributed by atoms with Crippen LogP contribution in [0.3, 0.4) is 0 Å². The number of benzene rings is 1. The van der Waals surface area contributed by atoms with E-state index in [0.29, 0.717) is 30.2 Å². The van der Waals surface area contributed by atoms with Gasteiger partial charge in [0.25, 0.3) is 0 Å². The topological polar surface area (TPSA) is 93.4 Å². The molecule has 1 amide bonds. The second-order valence-corrected chi connectivity index (χ2v) is 9.25. The summed E-state index contributed by atoms with van der Waals surface area (Å²) in [6.07, 6.45) is 1.71. The van der Waals surface area contributed by atoms with Gasteiger partial charge in [-0.15, -0.1) is 0 Å². The number of furan rings is 1. The van der Waals surface area contributed by atoms with Crippen LogP contribution in [0, 0.1) is 13.8 Å². The number of ether oxygens (including phenoxy) is 2. The van der Waals surface area contributed by atoms with Gasteiger partial charge in [0.1, 0.15) is 12.4 Å². The summed E-state index contributed by atoms with van der Waals surface area (Å²) in [5.74, 6) is 0.0951. The number of hydrogen-bond donors (Lipinski definition) is 1. The molecule has 1 atom stereocenters. The van der Waals surface area contributed by atoms with Gasteiger partial charge in [-0.2, -0.15) is 0 Å². The highest BCUT2D eigenvalue weighted by Gasteiger charge is 2.41. The van der Waals surface area contributed by atoms with E-state index in [4.69, 9.17) is 18.9 Å². The monoisotopic (exact) mass is 495 g/mol. The maximum atomic E-state index is 13.3. The number of rotatable bonds is 9. The van der Waals surface area contributed by atoms with E-state index < -0.39 is 12.0 Å². The number of hydrogen-bond acceptors (Lipinski definition) is 8. The Morgan fingerprint density at radius 2 is 2.03 bits per heavy atom. The SMILES string of the molecule is COCCOC(=O)C1=C(C)N=C2SC=C(CC(=O)NCc3ccco3)N2[C@H]1c1cc(C)ccc1C. The smallest absolute Gasteiger partial charge is 0.338 e. The van der Waals surface area contributed by atoms with Gasteiger partial charge in [-0.05, 0) is 49.4 Å². The number of aryl methyl sites for hydroxylation is 2. The van der Waals surface area contributed by atoms with Crippen molar-refractivity contribution in [3.05, 3.63) is 81.4 Å². The van der Waals surface area contributed by atoms with Gasteiger partial charge < -0.3 is 24.1 Å².